The lowest BCUT2D eigenvalue weighted by Gasteiger charge is -2.11. The highest BCUT2D eigenvalue weighted by Gasteiger charge is 2.32. The summed E-state index contributed by atoms with van der Waals surface area (Å²) < 4.78 is 38.5. The maximum Gasteiger partial charge on any atom is 0.417 e. The standard InChI is InChI=1S/C11H7ClF3N3O2S/c12-7-3-6(11(13,14)15)4-18(9(7)20)5-8(19)17-10-16-1-2-21-10/h1-4H,5H2,(H,16,17,19). The van der Waals surface area contributed by atoms with Crippen molar-refractivity contribution in [2.45, 2.75) is 12.7 Å². The summed E-state index contributed by atoms with van der Waals surface area (Å²) >= 11 is 6.62. The number of nitrogens with one attached hydrogen (secondary N) is 1. The second-order valence-electron chi connectivity index (χ2n) is 3.89. The summed E-state index contributed by atoms with van der Waals surface area (Å²) in [6, 6.07) is 0.527. The van der Waals surface area contributed by atoms with Gasteiger partial charge in [-0.2, -0.15) is 13.2 Å². The number of amides is 1. The SMILES string of the molecule is O=C(Cn1cc(C(F)(F)F)cc(Cl)c1=O)Nc1nccs1. The molecule has 0 fully saturated rings. The van der Waals surface area contributed by atoms with E-state index in [1.54, 1.807) is 5.38 Å². The molecular weight excluding hydrogens is 331 g/mol. The summed E-state index contributed by atoms with van der Waals surface area (Å²) in [5.74, 6) is -0.678. The Morgan fingerprint density at radius 2 is 2.19 bits per heavy atom. The number of carbonyl (C=O) groups is 1. The Kier molecular flexibility index (Phi) is 4.33. The van der Waals surface area contributed by atoms with Crippen molar-refractivity contribution in [2.24, 2.45) is 0 Å². The van der Waals surface area contributed by atoms with E-state index in [0.717, 1.165) is 11.3 Å². The molecule has 0 aliphatic heterocycles. The van der Waals surface area contributed by atoms with Gasteiger partial charge >= 0.3 is 6.18 Å². The zero-order valence-corrected chi connectivity index (χ0v) is 11.7. The number of aromatic nitrogens is 2. The van der Waals surface area contributed by atoms with Crippen molar-refractivity contribution < 1.29 is 18.0 Å². The molecule has 0 unspecified atom stereocenters. The average molecular weight is 338 g/mol. The number of alkyl halides is 3. The molecule has 21 heavy (non-hydrogen) atoms. The van der Waals surface area contributed by atoms with Crippen molar-refractivity contribution in [3.8, 4) is 0 Å². The average Bonchev–Trinajstić information content (AvgIpc) is 2.86. The van der Waals surface area contributed by atoms with Crippen LogP contribution < -0.4 is 10.9 Å². The Bertz CT molecular complexity index is 712. The first kappa shape index (κ1) is 15.5. The summed E-state index contributed by atoms with van der Waals surface area (Å²) in [5.41, 5.74) is -1.98. The number of carbonyl (C=O) groups excluding carboxylic acids is 1. The Morgan fingerprint density at radius 3 is 2.76 bits per heavy atom. The largest absolute Gasteiger partial charge is 0.417 e. The first-order chi connectivity index (χ1) is 9.77. The van der Waals surface area contributed by atoms with Gasteiger partial charge in [0.2, 0.25) is 5.91 Å². The topological polar surface area (TPSA) is 64.0 Å². The summed E-state index contributed by atoms with van der Waals surface area (Å²) in [6.07, 6.45) is -2.66. The smallest absolute Gasteiger partial charge is 0.304 e. The predicted octanol–water partition coefficient (Wildman–Crippen LogP) is 2.62. The molecule has 1 amide bonds. The van der Waals surface area contributed by atoms with Crippen molar-refractivity contribution in [3.05, 3.63) is 44.8 Å². The third-order valence-corrected chi connectivity index (χ3v) is 3.32. The quantitative estimate of drug-likeness (QED) is 0.936. The van der Waals surface area contributed by atoms with Gasteiger partial charge in [0.15, 0.2) is 5.13 Å². The van der Waals surface area contributed by atoms with Gasteiger partial charge in [-0.3, -0.25) is 9.59 Å². The van der Waals surface area contributed by atoms with E-state index in [1.807, 2.05) is 0 Å². The molecule has 5 nitrogen and oxygen atoms in total. The normalized spacial score (nSPS) is 11.4. The van der Waals surface area contributed by atoms with Crippen LogP contribution in [0.3, 0.4) is 0 Å². The van der Waals surface area contributed by atoms with Crippen LogP contribution in [0.15, 0.2) is 28.6 Å². The zero-order valence-electron chi connectivity index (χ0n) is 10.1. The molecule has 2 rings (SSSR count). The van der Waals surface area contributed by atoms with Gasteiger partial charge in [-0.15, -0.1) is 11.3 Å². The van der Waals surface area contributed by atoms with E-state index >= 15 is 0 Å². The van der Waals surface area contributed by atoms with Crippen molar-refractivity contribution in [2.75, 3.05) is 5.32 Å². The Hall–Kier alpha value is -1.87. The highest BCUT2D eigenvalue weighted by Crippen LogP contribution is 2.29. The van der Waals surface area contributed by atoms with Crippen LogP contribution in [-0.2, 0) is 17.5 Å². The Balaban J connectivity index is 2.25. The highest BCUT2D eigenvalue weighted by molar-refractivity contribution is 7.13. The Labute approximate surface area is 125 Å². The van der Waals surface area contributed by atoms with Crippen LogP contribution in [0, 0.1) is 0 Å². The van der Waals surface area contributed by atoms with Gasteiger partial charge in [-0.1, -0.05) is 11.6 Å². The van der Waals surface area contributed by atoms with E-state index in [9.17, 15) is 22.8 Å². The lowest BCUT2D eigenvalue weighted by molar-refractivity contribution is -0.138. The molecule has 0 bridgehead atoms. The number of halogens is 4. The van der Waals surface area contributed by atoms with Gasteiger partial charge < -0.3 is 9.88 Å². The number of hydrogen-bond acceptors (Lipinski definition) is 4. The molecule has 0 spiro atoms. The van der Waals surface area contributed by atoms with E-state index in [-0.39, 0.29) is 5.13 Å². The molecule has 0 saturated carbocycles. The van der Waals surface area contributed by atoms with Gasteiger partial charge in [0, 0.05) is 17.8 Å². The molecule has 2 aromatic rings. The van der Waals surface area contributed by atoms with Crippen molar-refractivity contribution in [1.82, 2.24) is 9.55 Å². The monoisotopic (exact) mass is 337 g/mol. The van der Waals surface area contributed by atoms with E-state index in [0.29, 0.717) is 16.8 Å². The van der Waals surface area contributed by atoms with E-state index in [2.05, 4.69) is 10.3 Å². The summed E-state index contributed by atoms with van der Waals surface area (Å²) in [7, 11) is 0. The van der Waals surface area contributed by atoms with Crippen LogP contribution in [0.2, 0.25) is 5.02 Å². The highest BCUT2D eigenvalue weighted by atomic mass is 35.5. The first-order valence-electron chi connectivity index (χ1n) is 5.44. The molecule has 0 radical (unpaired) electrons. The molecule has 10 heteroatoms. The molecule has 2 heterocycles. The molecular formula is C11H7ClF3N3O2S. The lowest BCUT2D eigenvalue weighted by Crippen LogP contribution is -2.29. The summed E-state index contributed by atoms with van der Waals surface area (Å²) in [4.78, 5) is 27.1. The lowest BCUT2D eigenvalue weighted by atomic mass is 10.2. The molecule has 0 aliphatic rings. The fourth-order valence-electron chi connectivity index (χ4n) is 1.47. The fraction of sp³-hybridized carbons (Fsp3) is 0.182. The number of rotatable bonds is 3. The molecule has 1 N–H and O–H groups in total. The van der Waals surface area contributed by atoms with Crippen LogP contribution in [0.1, 0.15) is 5.56 Å². The van der Waals surface area contributed by atoms with Gasteiger partial charge in [0.1, 0.15) is 11.6 Å². The fourth-order valence-corrected chi connectivity index (χ4v) is 2.24. The van der Waals surface area contributed by atoms with Gasteiger partial charge in [0.25, 0.3) is 5.56 Å². The molecule has 0 aromatic carbocycles. The maximum absolute atomic E-state index is 12.6. The van der Waals surface area contributed by atoms with Gasteiger partial charge in [0.05, 0.1) is 5.56 Å². The third-order valence-electron chi connectivity index (χ3n) is 2.36. The van der Waals surface area contributed by atoms with E-state index in [4.69, 9.17) is 11.6 Å². The third kappa shape index (κ3) is 3.82. The molecule has 0 saturated heterocycles. The number of anilines is 1. The van der Waals surface area contributed by atoms with Crippen LogP contribution in [-0.4, -0.2) is 15.5 Å². The predicted molar refractivity (Wildman–Crippen MR) is 71.5 cm³/mol. The zero-order chi connectivity index (χ0) is 15.6. The second-order valence-corrected chi connectivity index (χ2v) is 5.19. The molecule has 2 aromatic heterocycles. The van der Waals surface area contributed by atoms with Crippen LogP contribution >= 0.6 is 22.9 Å². The Morgan fingerprint density at radius 1 is 1.48 bits per heavy atom. The number of nitrogens with zero attached hydrogens (tertiary/aromatic N) is 2. The van der Waals surface area contributed by atoms with Crippen LogP contribution in [0.5, 0.6) is 0 Å². The maximum atomic E-state index is 12.6. The molecule has 0 atom stereocenters. The van der Waals surface area contributed by atoms with Crippen LogP contribution in [0.4, 0.5) is 18.3 Å². The van der Waals surface area contributed by atoms with E-state index < -0.39 is 34.8 Å². The van der Waals surface area contributed by atoms with Gasteiger partial charge in [-0.05, 0) is 6.07 Å². The minimum absolute atomic E-state index is 0.283. The van der Waals surface area contributed by atoms with Crippen molar-refractivity contribution in [3.63, 3.8) is 0 Å². The molecule has 0 aliphatic carbocycles. The number of pyridine rings is 1. The summed E-state index contributed by atoms with van der Waals surface area (Å²) in [6.45, 7) is -0.595. The van der Waals surface area contributed by atoms with E-state index in [1.165, 1.54) is 6.20 Å². The second kappa shape index (κ2) is 5.86. The van der Waals surface area contributed by atoms with Crippen LogP contribution in [0.25, 0.3) is 0 Å². The molecule has 112 valence electrons. The minimum atomic E-state index is -4.66. The van der Waals surface area contributed by atoms with Crippen molar-refractivity contribution in [1.29, 1.82) is 0 Å². The van der Waals surface area contributed by atoms with Gasteiger partial charge in [-0.25, -0.2) is 4.98 Å². The summed E-state index contributed by atoms with van der Waals surface area (Å²) in [5, 5.41) is 3.65. The number of hydrogen-bond donors (Lipinski definition) is 1. The first-order valence-corrected chi connectivity index (χ1v) is 6.69. The number of thiazole rings is 1. The van der Waals surface area contributed by atoms with Crippen molar-refractivity contribution >= 4 is 34.0 Å². The minimum Gasteiger partial charge on any atom is -0.304 e.